The molecule has 0 saturated carbocycles. The number of benzene rings is 3. The van der Waals surface area contributed by atoms with Gasteiger partial charge in [0.1, 0.15) is 0 Å². The summed E-state index contributed by atoms with van der Waals surface area (Å²) in [4.78, 5) is 2.25. The third-order valence-electron chi connectivity index (χ3n) is 5.34. The molecule has 0 aromatic heterocycles. The van der Waals surface area contributed by atoms with Gasteiger partial charge in [0.2, 0.25) is 0 Å². The summed E-state index contributed by atoms with van der Waals surface area (Å²) in [7, 11) is 1.67. The van der Waals surface area contributed by atoms with Gasteiger partial charge in [-0.25, -0.2) is 0 Å². The van der Waals surface area contributed by atoms with Crippen molar-refractivity contribution in [3.05, 3.63) is 89.0 Å². The van der Waals surface area contributed by atoms with Gasteiger partial charge in [0.05, 0.1) is 39.6 Å². The minimum absolute atomic E-state index is 0.0338. The van der Waals surface area contributed by atoms with Gasteiger partial charge >= 0.3 is 0 Å². The molecule has 0 aliphatic carbocycles. The summed E-state index contributed by atoms with van der Waals surface area (Å²) >= 11 is 0. The highest BCUT2D eigenvalue weighted by atomic mass is 16.5. The molecule has 3 aromatic carbocycles. The van der Waals surface area contributed by atoms with E-state index >= 15 is 0 Å². The summed E-state index contributed by atoms with van der Waals surface area (Å²) in [5.41, 5.74) is 7.99. The van der Waals surface area contributed by atoms with Gasteiger partial charge in [-0.15, -0.1) is 0 Å². The van der Waals surface area contributed by atoms with E-state index < -0.39 is 0 Å². The molecule has 5 nitrogen and oxygen atoms in total. The molecule has 0 saturated heterocycles. The van der Waals surface area contributed by atoms with Crippen LogP contribution in [0, 0.1) is 13.8 Å². The number of aryl methyl sites for hydroxylation is 2. The van der Waals surface area contributed by atoms with Crippen LogP contribution in [0.1, 0.15) is 22.3 Å². The summed E-state index contributed by atoms with van der Waals surface area (Å²) in [5.74, 6) is 0. The maximum absolute atomic E-state index is 8.90. The molecule has 0 unspecified atom stereocenters. The first-order chi connectivity index (χ1) is 15.6. The molecular weight excluding hydrogens is 402 g/mol. The highest BCUT2D eigenvalue weighted by Crippen LogP contribution is 2.35. The molecule has 3 aromatic rings. The van der Waals surface area contributed by atoms with E-state index in [0.717, 1.165) is 28.2 Å². The molecule has 0 spiro atoms. The number of ether oxygens (including phenoxy) is 3. The lowest BCUT2D eigenvalue weighted by Crippen LogP contribution is -2.11. The number of methoxy groups -OCH3 is 1. The highest BCUT2D eigenvalue weighted by molar-refractivity contribution is 5.77. The van der Waals surface area contributed by atoms with E-state index in [1.807, 2.05) is 0 Å². The van der Waals surface area contributed by atoms with Crippen LogP contribution in [-0.4, -0.2) is 38.6 Å². The lowest BCUT2D eigenvalue weighted by molar-refractivity contribution is 0.0617. The number of anilines is 3. The first-order valence-electron chi connectivity index (χ1n) is 10.9. The SMILES string of the molecule is COCCOCc1ccc(N(c2ccc(COCCO)cc2)c2ccc(C)c(C)c2)cc1. The minimum Gasteiger partial charge on any atom is -0.394 e. The molecule has 170 valence electrons. The quantitative estimate of drug-likeness (QED) is 0.384. The van der Waals surface area contributed by atoms with E-state index in [1.165, 1.54) is 11.1 Å². The number of nitrogens with zero attached hydrogens (tertiary/aromatic N) is 1. The smallest absolute Gasteiger partial charge is 0.0718 e. The van der Waals surface area contributed by atoms with E-state index in [-0.39, 0.29) is 6.61 Å². The summed E-state index contributed by atoms with van der Waals surface area (Å²) in [6.45, 7) is 6.88. The van der Waals surface area contributed by atoms with Crippen molar-refractivity contribution in [3.8, 4) is 0 Å². The molecule has 0 aliphatic rings. The van der Waals surface area contributed by atoms with Gasteiger partial charge in [0.15, 0.2) is 0 Å². The predicted molar refractivity (Wildman–Crippen MR) is 129 cm³/mol. The van der Waals surface area contributed by atoms with Crippen molar-refractivity contribution in [2.75, 3.05) is 38.4 Å². The van der Waals surface area contributed by atoms with Gasteiger partial charge < -0.3 is 24.2 Å². The number of hydrogen-bond donors (Lipinski definition) is 1. The average molecular weight is 436 g/mol. The standard InChI is InChI=1S/C27H33NO4/c1-21-4-9-27(18-22(21)2)28(25-10-5-23(6-11-25)19-31-15-14-29)26-12-7-24(8-13-26)20-32-17-16-30-3/h4-13,18,29H,14-17,19-20H2,1-3H3. The van der Waals surface area contributed by atoms with Gasteiger partial charge in [-0.05, 0) is 72.5 Å². The Labute approximate surface area is 191 Å². The van der Waals surface area contributed by atoms with E-state index in [2.05, 4.69) is 85.5 Å². The molecule has 5 heteroatoms. The summed E-state index contributed by atoms with van der Waals surface area (Å²) < 4.78 is 16.1. The van der Waals surface area contributed by atoms with Crippen LogP contribution in [0.4, 0.5) is 17.1 Å². The Morgan fingerprint density at radius 2 is 1.19 bits per heavy atom. The van der Waals surface area contributed by atoms with Gasteiger partial charge in [0.25, 0.3) is 0 Å². The van der Waals surface area contributed by atoms with Crippen molar-refractivity contribution in [1.82, 2.24) is 0 Å². The van der Waals surface area contributed by atoms with Crippen LogP contribution in [0.2, 0.25) is 0 Å². The third kappa shape index (κ3) is 6.65. The number of aliphatic hydroxyl groups excluding tert-OH is 1. The molecule has 0 bridgehead atoms. The van der Waals surface area contributed by atoms with E-state index in [0.29, 0.717) is 33.0 Å². The molecule has 3 rings (SSSR count). The zero-order chi connectivity index (χ0) is 22.8. The molecule has 0 atom stereocenters. The number of aliphatic hydroxyl groups is 1. The highest BCUT2D eigenvalue weighted by Gasteiger charge is 2.13. The first kappa shape index (κ1) is 24.0. The normalized spacial score (nSPS) is 11.0. The van der Waals surface area contributed by atoms with E-state index in [4.69, 9.17) is 19.3 Å². The number of hydrogen-bond acceptors (Lipinski definition) is 5. The van der Waals surface area contributed by atoms with Crippen LogP contribution in [0.25, 0.3) is 0 Å². The van der Waals surface area contributed by atoms with Crippen LogP contribution in [0.5, 0.6) is 0 Å². The fourth-order valence-electron chi connectivity index (χ4n) is 3.38. The Bertz CT molecular complexity index is 954. The van der Waals surface area contributed by atoms with Crippen LogP contribution in [0.15, 0.2) is 66.7 Å². The zero-order valence-corrected chi connectivity index (χ0v) is 19.2. The molecule has 0 heterocycles. The lowest BCUT2D eigenvalue weighted by atomic mass is 10.1. The van der Waals surface area contributed by atoms with E-state index in [9.17, 15) is 0 Å². The lowest BCUT2D eigenvalue weighted by Gasteiger charge is -2.26. The van der Waals surface area contributed by atoms with Crippen molar-refractivity contribution in [1.29, 1.82) is 0 Å². The summed E-state index contributed by atoms with van der Waals surface area (Å²) in [5, 5.41) is 8.90. The minimum atomic E-state index is 0.0338. The topological polar surface area (TPSA) is 51.2 Å². The third-order valence-corrected chi connectivity index (χ3v) is 5.34. The van der Waals surface area contributed by atoms with Crippen molar-refractivity contribution < 1.29 is 19.3 Å². The Morgan fingerprint density at radius 3 is 1.69 bits per heavy atom. The Kier molecular flexibility index (Phi) is 9.26. The van der Waals surface area contributed by atoms with Crippen LogP contribution < -0.4 is 4.90 Å². The summed E-state index contributed by atoms with van der Waals surface area (Å²) in [6, 6.07) is 23.3. The molecule has 0 amide bonds. The maximum atomic E-state index is 8.90. The molecule has 32 heavy (non-hydrogen) atoms. The van der Waals surface area contributed by atoms with Crippen molar-refractivity contribution in [3.63, 3.8) is 0 Å². The van der Waals surface area contributed by atoms with Crippen LogP contribution >= 0.6 is 0 Å². The number of rotatable bonds is 12. The second kappa shape index (κ2) is 12.4. The molecule has 1 N–H and O–H groups in total. The summed E-state index contributed by atoms with van der Waals surface area (Å²) in [6.07, 6.45) is 0. The van der Waals surface area contributed by atoms with Gasteiger partial charge in [-0.1, -0.05) is 30.3 Å². The monoisotopic (exact) mass is 435 g/mol. The average Bonchev–Trinajstić information content (AvgIpc) is 2.81. The largest absolute Gasteiger partial charge is 0.394 e. The van der Waals surface area contributed by atoms with Gasteiger partial charge in [-0.2, -0.15) is 0 Å². The molecule has 0 aliphatic heterocycles. The predicted octanol–water partition coefficient (Wildman–Crippen LogP) is 5.45. The van der Waals surface area contributed by atoms with Gasteiger partial charge in [-0.3, -0.25) is 0 Å². The second-order valence-corrected chi connectivity index (χ2v) is 7.76. The van der Waals surface area contributed by atoms with Crippen molar-refractivity contribution in [2.24, 2.45) is 0 Å². The first-order valence-corrected chi connectivity index (χ1v) is 10.9. The zero-order valence-electron chi connectivity index (χ0n) is 19.2. The maximum Gasteiger partial charge on any atom is 0.0718 e. The Balaban J connectivity index is 1.85. The van der Waals surface area contributed by atoms with Crippen molar-refractivity contribution >= 4 is 17.1 Å². The second-order valence-electron chi connectivity index (χ2n) is 7.76. The van der Waals surface area contributed by atoms with Crippen LogP contribution in [0.3, 0.4) is 0 Å². The fraction of sp³-hybridized carbons (Fsp3) is 0.333. The van der Waals surface area contributed by atoms with E-state index in [1.54, 1.807) is 7.11 Å². The molecular formula is C27H33NO4. The Hall–Kier alpha value is -2.70. The molecule has 0 radical (unpaired) electrons. The van der Waals surface area contributed by atoms with Crippen molar-refractivity contribution in [2.45, 2.75) is 27.1 Å². The van der Waals surface area contributed by atoms with Gasteiger partial charge in [0, 0.05) is 24.2 Å². The van der Waals surface area contributed by atoms with Crippen LogP contribution in [-0.2, 0) is 27.4 Å². The fourth-order valence-corrected chi connectivity index (χ4v) is 3.38. The molecule has 0 fully saturated rings. The Morgan fingerprint density at radius 1 is 0.656 bits per heavy atom.